The third-order valence-electron chi connectivity index (χ3n) is 6.24. The molecule has 0 fully saturated rings. The fraction of sp³-hybridized carbons (Fsp3) is 0.571. The first-order valence-electron chi connectivity index (χ1n) is 13.1. The van der Waals surface area contributed by atoms with Crippen LogP contribution in [0.2, 0.25) is 0 Å². The number of rotatable bonds is 20. The zero-order valence-corrected chi connectivity index (χ0v) is 20.9. The van der Waals surface area contributed by atoms with Crippen LogP contribution in [0.5, 0.6) is 11.5 Å². The zero-order chi connectivity index (χ0) is 25.1. The molecule has 0 saturated carbocycles. The van der Waals surface area contributed by atoms with E-state index >= 15 is 0 Å². The molecule has 0 aliphatic carbocycles. The van der Waals surface area contributed by atoms with Crippen LogP contribution in [0.4, 0.5) is 0 Å². The van der Waals surface area contributed by atoms with Gasteiger partial charge in [0, 0.05) is 22.7 Å². The molecule has 0 heterocycles. The minimum atomic E-state index is -0.236. The number of aryl methyl sites for hydroxylation is 2. The van der Waals surface area contributed by atoms with E-state index in [1.165, 1.54) is 11.1 Å². The van der Waals surface area contributed by atoms with E-state index in [1.807, 2.05) is 24.3 Å². The Morgan fingerprint density at radius 2 is 0.857 bits per heavy atom. The Labute approximate surface area is 209 Å². The second kappa shape index (κ2) is 17.5. The first-order chi connectivity index (χ1) is 17.1. The van der Waals surface area contributed by atoms with Gasteiger partial charge in [-0.05, 0) is 61.8 Å². The molecule has 35 heavy (non-hydrogen) atoms. The Bertz CT molecular complexity index is 816. The summed E-state index contributed by atoms with van der Waals surface area (Å²) in [5, 5.41) is 20.8. The second-order valence-electron chi connectivity index (χ2n) is 9.17. The van der Waals surface area contributed by atoms with E-state index < -0.39 is 0 Å². The van der Waals surface area contributed by atoms with Crippen LogP contribution in [0.3, 0.4) is 0 Å². The lowest BCUT2D eigenvalue weighted by Gasteiger charge is -2.14. The summed E-state index contributed by atoms with van der Waals surface area (Å²) in [6, 6.07) is 16.5. The van der Waals surface area contributed by atoms with Crippen molar-refractivity contribution in [1.82, 2.24) is 0 Å². The van der Waals surface area contributed by atoms with Crippen LogP contribution in [0.1, 0.15) is 88.2 Å². The fourth-order valence-electron chi connectivity index (χ4n) is 4.27. The molecule has 2 rings (SSSR count). The van der Waals surface area contributed by atoms with Gasteiger partial charge < -0.3 is 4.74 Å². The highest BCUT2D eigenvalue weighted by atomic mass is 16.6. The van der Waals surface area contributed by atoms with Gasteiger partial charge in [-0.15, -0.1) is 0 Å². The number of benzene rings is 2. The number of para-hydroxylation sites is 2. The molecule has 7 nitrogen and oxygen atoms in total. The Kier molecular flexibility index (Phi) is 14.1. The summed E-state index contributed by atoms with van der Waals surface area (Å²) in [4.78, 5) is 20.3. The SMILES string of the molecule is O=[N+]([O-])CCCCCCCCc1ccccc1Oc1ccccc1CCCCCCCC[N+](=O)[O-]. The number of ether oxygens (including phenoxy) is 1. The molecule has 0 bridgehead atoms. The summed E-state index contributed by atoms with van der Waals surface area (Å²) in [5.74, 6) is 1.83. The summed E-state index contributed by atoms with van der Waals surface area (Å²) >= 11 is 0. The van der Waals surface area contributed by atoms with Crippen LogP contribution >= 0.6 is 0 Å². The van der Waals surface area contributed by atoms with Gasteiger partial charge in [0.2, 0.25) is 13.1 Å². The average Bonchev–Trinajstić information content (AvgIpc) is 2.84. The fourth-order valence-corrected chi connectivity index (χ4v) is 4.27. The van der Waals surface area contributed by atoms with Gasteiger partial charge in [0.1, 0.15) is 11.5 Å². The van der Waals surface area contributed by atoms with Crippen molar-refractivity contribution in [3.63, 3.8) is 0 Å². The smallest absolute Gasteiger partial charge is 0.203 e. The van der Waals surface area contributed by atoms with Crippen LogP contribution in [0, 0.1) is 20.2 Å². The number of nitro groups is 2. The van der Waals surface area contributed by atoms with E-state index in [0.29, 0.717) is 12.8 Å². The van der Waals surface area contributed by atoms with Gasteiger partial charge >= 0.3 is 0 Å². The van der Waals surface area contributed by atoms with Crippen molar-refractivity contribution in [3.05, 3.63) is 79.9 Å². The van der Waals surface area contributed by atoms with Gasteiger partial charge in [-0.2, -0.15) is 0 Å². The van der Waals surface area contributed by atoms with Crippen molar-refractivity contribution in [1.29, 1.82) is 0 Å². The molecular weight excluding hydrogens is 444 g/mol. The average molecular weight is 485 g/mol. The van der Waals surface area contributed by atoms with Crippen molar-refractivity contribution in [2.75, 3.05) is 13.1 Å². The predicted octanol–water partition coefficient (Wildman–Crippen LogP) is 7.80. The van der Waals surface area contributed by atoms with Gasteiger partial charge in [-0.3, -0.25) is 20.2 Å². The Hall–Kier alpha value is -2.96. The van der Waals surface area contributed by atoms with E-state index in [-0.39, 0.29) is 22.9 Å². The van der Waals surface area contributed by atoms with E-state index in [9.17, 15) is 20.2 Å². The quantitative estimate of drug-likeness (QED) is 0.108. The van der Waals surface area contributed by atoms with Crippen LogP contribution in [0.25, 0.3) is 0 Å². The topological polar surface area (TPSA) is 95.5 Å². The molecular formula is C28H40N2O5. The zero-order valence-electron chi connectivity index (χ0n) is 20.9. The standard InChI is InChI=1S/C28H40N2O5/c31-29(32)23-15-7-3-1-5-9-17-25-19-11-13-21-27(25)35-28-22-14-12-20-26(28)18-10-6-2-4-8-16-24-30(33)34/h11-14,19-22H,1-10,15-18,23-24H2. The van der Waals surface area contributed by atoms with Crippen molar-refractivity contribution < 1.29 is 14.6 Å². The van der Waals surface area contributed by atoms with Gasteiger partial charge in [0.25, 0.3) is 0 Å². The molecule has 0 aliphatic heterocycles. The van der Waals surface area contributed by atoms with E-state index in [2.05, 4.69) is 24.3 Å². The minimum absolute atomic E-state index is 0.0815. The number of hydrogen-bond donors (Lipinski definition) is 0. The lowest BCUT2D eigenvalue weighted by Crippen LogP contribution is -1.99. The molecule has 192 valence electrons. The van der Waals surface area contributed by atoms with Gasteiger partial charge in [-0.25, -0.2) is 0 Å². The predicted molar refractivity (Wildman–Crippen MR) is 139 cm³/mol. The van der Waals surface area contributed by atoms with E-state index in [4.69, 9.17) is 4.74 Å². The molecule has 0 spiro atoms. The van der Waals surface area contributed by atoms with Crippen molar-refractivity contribution in [2.45, 2.75) is 89.9 Å². The van der Waals surface area contributed by atoms with E-state index in [0.717, 1.165) is 88.5 Å². The maximum atomic E-state index is 10.4. The van der Waals surface area contributed by atoms with Crippen molar-refractivity contribution in [3.8, 4) is 11.5 Å². The van der Waals surface area contributed by atoms with Crippen LogP contribution in [-0.2, 0) is 12.8 Å². The Morgan fingerprint density at radius 3 is 1.26 bits per heavy atom. The van der Waals surface area contributed by atoms with E-state index in [1.54, 1.807) is 0 Å². The molecule has 7 heteroatoms. The van der Waals surface area contributed by atoms with Crippen LogP contribution in [0.15, 0.2) is 48.5 Å². The summed E-state index contributed by atoms with van der Waals surface area (Å²) < 4.78 is 6.38. The Balaban J connectivity index is 1.74. The largest absolute Gasteiger partial charge is 0.457 e. The Morgan fingerprint density at radius 1 is 0.514 bits per heavy atom. The number of nitrogens with zero attached hydrogens (tertiary/aromatic N) is 2. The summed E-state index contributed by atoms with van der Waals surface area (Å²) in [5.41, 5.74) is 2.43. The first-order valence-corrected chi connectivity index (χ1v) is 13.1. The first kappa shape index (κ1) is 28.3. The lowest BCUT2D eigenvalue weighted by molar-refractivity contribution is -0.480. The maximum Gasteiger partial charge on any atom is 0.203 e. The van der Waals surface area contributed by atoms with Crippen molar-refractivity contribution in [2.24, 2.45) is 0 Å². The third kappa shape index (κ3) is 12.9. The third-order valence-corrected chi connectivity index (χ3v) is 6.24. The molecule has 0 aliphatic rings. The molecule has 0 unspecified atom stereocenters. The monoisotopic (exact) mass is 484 g/mol. The maximum absolute atomic E-state index is 10.4. The second-order valence-corrected chi connectivity index (χ2v) is 9.17. The summed E-state index contributed by atoms with van der Waals surface area (Å²) in [6.45, 7) is 0.163. The molecule has 0 amide bonds. The highest BCUT2D eigenvalue weighted by Gasteiger charge is 2.08. The lowest BCUT2D eigenvalue weighted by atomic mass is 10.0. The highest BCUT2D eigenvalue weighted by Crippen LogP contribution is 2.30. The molecule has 0 radical (unpaired) electrons. The van der Waals surface area contributed by atoms with Crippen LogP contribution in [-0.4, -0.2) is 22.9 Å². The van der Waals surface area contributed by atoms with Gasteiger partial charge in [0.15, 0.2) is 0 Å². The molecule has 0 aromatic heterocycles. The number of hydrogen-bond acceptors (Lipinski definition) is 5. The minimum Gasteiger partial charge on any atom is -0.457 e. The summed E-state index contributed by atoms with van der Waals surface area (Å²) in [6.07, 6.45) is 13.9. The molecule has 2 aromatic carbocycles. The molecule has 2 aromatic rings. The van der Waals surface area contributed by atoms with Gasteiger partial charge in [0.05, 0.1) is 0 Å². The molecule has 0 atom stereocenters. The van der Waals surface area contributed by atoms with Crippen LogP contribution < -0.4 is 4.74 Å². The van der Waals surface area contributed by atoms with Gasteiger partial charge in [-0.1, -0.05) is 74.9 Å². The highest BCUT2D eigenvalue weighted by molar-refractivity contribution is 5.41. The summed E-state index contributed by atoms with van der Waals surface area (Å²) in [7, 11) is 0. The van der Waals surface area contributed by atoms with Crippen molar-refractivity contribution >= 4 is 0 Å². The normalized spacial score (nSPS) is 10.9. The molecule has 0 saturated heterocycles. The molecule has 0 N–H and O–H groups in total. The number of unbranched alkanes of at least 4 members (excludes halogenated alkanes) is 10.